The highest BCUT2D eigenvalue weighted by molar-refractivity contribution is 5.98. The van der Waals surface area contributed by atoms with Crippen LogP contribution in [-0.4, -0.2) is 0 Å². The summed E-state index contributed by atoms with van der Waals surface area (Å²) in [5.41, 5.74) is 10.9. The Kier molecular flexibility index (Phi) is 3.94. The van der Waals surface area contributed by atoms with Crippen molar-refractivity contribution in [1.29, 1.82) is 0 Å². The van der Waals surface area contributed by atoms with Gasteiger partial charge in [-0.1, -0.05) is 91.1 Å². The molecule has 2 aromatic carbocycles. The highest BCUT2D eigenvalue weighted by Crippen LogP contribution is 2.61. The van der Waals surface area contributed by atoms with Crippen molar-refractivity contribution < 1.29 is 0 Å². The lowest BCUT2D eigenvalue weighted by atomic mass is 9.68. The van der Waals surface area contributed by atoms with Crippen molar-refractivity contribution in [3.63, 3.8) is 0 Å². The first-order chi connectivity index (χ1) is 13.8. The van der Waals surface area contributed by atoms with Crippen molar-refractivity contribution in [2.45, 2.75) is 25.2 Å². The third-order valence-corrected chi connectivity index (χ3v) is 6.29. The van der Waals surface area contributed by atoms with Crippen LogP contribution in [0.4, 0.5) is 0 Å². The van der Waals surface area contributed by atoms with E-state index in [-0.39, 0.29) is 5.41 Å². The van der Waals surface area contributed by atoms with E-state index < -0.39 is 0 Å². The molecule has 3 aliphatic carbocycles. The van der Waals surface area contributed by atoms with E-state index in [9.17, 15) is 0 Å². The number of rotatable bonds is 3. The first-order valence-electron chi connectivity index (χ1n) is 10.1. The molecule has 0 saturated carbocycles. The Hall–Kier alpha value is -3.12. The Bertz CT molecular complexity index is 1130. The van der Waals surface area contributed by atoms with Crippen LogP contribution < -0.4 is 0 Å². The number of allylic oxidation sites excluding steroid dienone is 11. The molecule has 0 amide bonds. The van der Waals surface area contributed by atoms with Gasteiger partial charge < -0.3 is 0 Å². The molecule has 0 N–H and O–H groups in total. The number of benzene rings is 2. The Balaban J connectivity index is 1.91. The summed E-state index contributed by atoms with van der Waals surface area (Å²) in [6, 6.07) is 17.9. The van der Waals surface area contributed by atoms with Crippen molar-refractivity contribution >= 4 is 11.1 Å². The minimum Gasteiger partial charge on any atom is -0.103 e. The summed E-state index contributed by atoms with van der Waals surface area (Å²) in [4.78, 5) is 0. The van der Waals surface area contributed by atoms with Gasteiger partial charge in [0, 0.05) is 0 Å². The van der Waals surface area contributed by atoms with E-state index >= 15 is 0 Å². The number of hydrogen-bond donors (Lipinski definition) is 0. The predicted octanol–water partition coefficient (Wildman–Crippen LogP) is 7.18. The van der Waals surface area contributed by atoms with Gasteiger partial charge >= 0.3 is 0 Å². The molecule has 5 rings (SSSR count). The third kappa shape index (κ3) is 2.12. The second kappa shape index (κ2) is 6.49. The molecule has 2 aromatic rings. The number of fused-ring (bicyclic) bond motifs is 6. The normalized spacial score (nSPS) is 22.0. The summed E-state index contributed by atoms with van der Waals surface area (Å²) < 4.78 is 0. The van der Waals surface area contributed by atoms with Gasteiger partial charge in [-0.05, 0) is 64.3 Å². The van der Waals surface area contributed by atoms with Gasteiger partial charge in [-0.25, -0.2) is 0 Å². The topological polar surface area (TPSA) is 0 Å². The average Bonchev–Trinajstić information content (AvgIpc) is 2.99. The zero-order valence-corrected chi connectivity index (χ0v) is 16.3. The largest absolute Gasteiger partial charge is 0.103 e. The van der Waals surface area contributed by atoms with E-state index in [0.29, 0.717) is 0 Å². The molecule has 0 aliphatic heterocycles. The van der Waals surface area contributed by atoms with Gasteiger partial charge in [-0.2, -0.15) is 0 Å². The van der Waals surface area contributed by atoms with Gasteiger partial charge in [-0.3, -0.25) is 0 Å². The standard InChI is InChI=1S/C28H24/c1-3-4-6-16-24-20(2)21-13-9-11-18-25(21)28(24)26-17-8-5-7-14-22(26)23-15-10-12-19-27(23)28/h3,6-19H,1,4-5H2,2H3/b16-6-. The Morgan fingerprint density at radius 3 is 2.39 bits per heavy atom. The molecule has 1 atom stereocenters. The molecule has 0 aromatic heterocycles. The number of hydrogen-bond acceptors (Lipinski definition) is 0. The quantitative estimate of drug-likeness (QED) is 0.509. The van der Waals surface area contributed by atoms with E-state index in [1.807, 2.05) is 6.08 Å². The zero-order chi connectivity index (χ0) is 19.1. The van der Waals surface area contributed by atoms with E-state index in [0.717, 1.165) is 12.8 Å². The first kappa shape index (κ1) is 17.0. The van der Waals surface area contributed by atoms with Crippen molar-refractivity contribution in [2.24, 2.45) is 0 Å². The van der Waals surface area contributed by atoms with Crippen LogP contribution in [0.5, 0.6) is 0 Å². The molecular formula is C28H24. The van der Waals surface area contributed by atoms with Gasteiger partial charge in [0.15, 0.2) is 0 Å². The molecular weight excluding hydrogens is 336 g/mol. The van der Waals surface area contributed by atoms with Gasteiger partial charge in [0.05, 0.1) is 5.41 Å². The second-order valence-electron chi connectivity index (χ2n) is 7.67. The van der Waals surface area contributed by atoms with Crippen LogP contribution in [0, 0.1) is 0 Å². The minimum atomic E-state index is -0.227. The van der Waals surface area contributed by atoms with Crippen LogP contribution in [0.2, 0.25) is 0 Å². The molecule has 0 heterocycles. The van der Waals surface area contributed by atoms with E-state index in [4.69, 9.17) is 0 Å². The average molecular weight is 361 g/mol. The second-order valence-corrected chi connectivity index (χ2v) is 7.67. The zero-order valence-electron chi connectivity index (χ0n) is 16.3. The summed E-state index contributed by atoms with van der Waals surface area (Å²) >= 11 is 0. The molecule has 136 valence electrons. The minimum absolute atomic E-state index is 0.227. The smallest absolute Gasteiger partial charge is 0.0721 e. The predicted molar refractivity (Wildman–Crippen MR) is 120 cm³/mol. The van der Waals surface area contributed by atoms with Crippen LogP contribution in [0.1, 0.15) is 42.0 Å². The molecule has 0 bridgehead atoms. The van der Waals surface area contributed by atoms with Gasteiger partial charge in [0.25, 0.3) is 0 Å². The molecule has 0 heteroatoms. The Labute approximate surface area is 167 Å². The highest BCUT2D eigenvalue weighted by atomic mass is 14.5. The maximum Gasteiger partial charge on any atom is 0.0721 e. The lowest BCUT2D eigenvalue weighted by molar-refractivity contribution is 0.777. The SMILES string of the molecule is C=CC/C=C\C1=C(C)c2ccccc2C12C1=C(C=CCC=C1)c1ccccc12. The summed E-state index contributed by atoms with van der Waals surface area (Å²) in [5.74, 6) is 0. The lowest BCUT2D eigenvalue weighted by Crippen LogP contribution is -2.27. The molecule has 0 radical (unpaired) electrons. The molecule has 0 nitrogen and oxygen atoms in total. The van der Waals surface area contributed by atoms with Crippen molar-refractivity contribution in [3.05, 3.63) is 131 Å². The molecule has 0 fully saturated rings. The molecule has 1 spiro atoms. The van der Waals surface area contributed by atoms with Crippen molar-refractivity contribution in [3.8, 4) is 0 Å². The fraction of sp³-hybridized carbons (Fsp3) is 0.143. The molecule has 3 aliphatic rings. The molecule has 28 heavy (non-hydrogen) atoms. The van der Waals surface area contributed by atoms with E-state index in [1.54, 1.807) is 0 Å². The Morgan fingerprint density at radius 1 is 0.929 bits per heavy atom. The summed E-state index contributed by atoms with van der Waals surface area (Å²) in [7, 11) is 0. The molecule has 1 unspecified atom stereocenters. The summed E-state index contributed by atoms with van der Waals surface area (Å²) in [5, 5.41) is 0. The van der Waals surface area contributed by atoms with Crippen LogP contribution in [0.3, 0.4) is 0 Å². The lowest BCUT2D eigenvalue weighted by Gasteiger charge is -2.32. The van der Waals surface area contributed by atoms with Gasteiger partial charge in [0.1, 0.15) is 0 Å². The summed E-state index contributed by atoms with van der Waals surface area (Å²) in [6.45, 7) is 6.17. The third-order valence-electron chi connectivity index (χ3n) is 6.29. The van der Waals surface area contributed by atoms with Gasteiger partial charge in [0.2, 0.25) is 0 Å². The summed E-state index contributed by atoms with van der Waals surface area (Å²) in [6.07, 6.45) is 17.7. The maximum absolute atomic E-state index is 3.89. The fourth-order valence-corrected chi connectivity index (χ4v) is 5.20. The van der Waals surface area contributed by atoms with E-state index in [1.165, 1.54) is 44.5 Å². The van der Waals surface area contributed by atoms with E-state index in [2.05, 4.69) is 98.5 Å². The van der Waals surface area contributed by atoms with Crippen LogP contribution in [-0.2, 0) is 5.41 Å². The van der Waals surface area contributed by atoms with Gasteiger partial charge in [-0.15, -0.1) is 6.58 Å². The fourth-order valence-electron chi connectivity index (χ4n) is 5.20. The van der Waals surface area contributed by atoms with Crippen molar-refractivity contribution in [2.75, 3.05) is 0 Å². The van der Waals surface area contributed by atoms with Crippen molar-refractivity contribution in [1.82, 2.24) is 0 Å². The Morgan fingerprint density at radius 2 is 1.61 bits per heavy atom. The van der Waals surface area contributed by atoms with Crippen LogP contribution >= 0.6 is 0 Å². The highest BCUT2D eigenvalue weighted by Gasteiger charge is 2.51. The van der Waals surface area contributed by atoms with Crippen LogP contribution in [0.25, 0.3) is 11.1 Å². The van der Waals surface area contributed by atoms with Crippen LogP contribution in [0.15, 0.2) is 109 Å². The first-order valence-corrected chi connectivity index (χ1v) is 10.1. The maximum atomic E-state index is 3.89. The molecule has 0 saturated heterocycles. The monoisotopic (exact) mass is 360 g/mol.